The third-order valence-corrected chi connectivity index (χ3v) is 5.11. The van der Waals surface area contributed by atoms with Gasteiger partial charge in [-0.3, -0.25) is 0 Å². The Kier molecular flexibility index (Phi) is 7.53. The molecular formula is C25H26F3N3O. The first-order chi connectivity index (χ1) is 15.3. The van der Waals surface area contributed by atoms with Crippen molar-refractivity contribution in [1.29, 1.82) is 0 Å². The van der Waals surface area contributed by atoms with Crippen LogP contribution in [0.2, 0.25) is 0 Å². The minimum Gasteiger partial charge on any atom is -0.411 e. The Bertz CT molecular complexity index is 1080. The third-order valence-electron chi connectivity index (χ3n) is 5.11. The van der Waals surface area contributed by atoms with E-state index < -0.39 is 11.7 Å². The number of pyridine rings is 1. The number of unbranched alkanes of at least 4 members (excludes halogenated alkanes) is 2. The van der Waals surface area contributed by atoms with Crippen LogP contribution in [0.5, 0.6) is 5.75 Å². The molecule has 3 rings (SSSR count). The zero-order valence-corrected chi connectivity index (χ0v) is 17.9. The van der Waals surface area contributed by atoms with Gasteiger partial charge in [0.1, 0.15) is 5.82 Å². The van der Waals surface area contributed by atoms with Crippen LogP contribution in [0.4, 0.5) is 19.0 Å². The van der Waals surface area contributed by atoms with Crippen molar-refractivity contribution in [2.24, 2.45) is 5.90 Å². The first kappa shape index (κ1) is 23.3. The van der Waals surface area contributed by atoms with E-state index in [0.717, 1.165) is 42.9 Å². The van der Waals surface area contributed by atoms with Crippen LogP contribution in [0.1, 0.15) is 42.9 Å². The normalized spacial score (nSPS) is 11.3. The van der Waals surface area contributed by atoms with Gasteiger partial charge in [-0.25, -0.2) is 4.98 Å². The van der Waals surface area contributed by atoms with E-state index in [9.17, 15) is 13.2 Å². The van der Waals surface area contributed by atoms with E-state index in [1.165, 1.54) is 30.3 Å². The van der Waals surface area contributed by atoms with E-state index in [1.54, 1.807) is 0 Å². The van der Waals surface area contributed by atoms with Crippen molar-refractivity contribution in [3.05, 3.63) is 83.9 Å². The van der Waals surface area contributed by atoms with Crippen molar-refractivity contribution in [2.75, 3.05) is 5.32 Å². The molecule has 4 nitrogen and oxygen atoms in total. The van der Waals surface area contributed by atoms with Gasteiger partial charge in [0.05, 0.1) is 11.3 Å². The van der Waals surface area contributed by atoms with Gasteiger partial charge in [0.2, 0.25) is 0 Å². The smallest absolute Gasteiger partial charge is 0.411 e. The molecule has 0 bridgehead atoms. The second kappa shape index (κ2) is 10.3. The van der Waals surface area contributed by atoms with Crippen LogP contribution >= 0.6 is 0 Å². The number of nitrogens with two attached hydrogens (primary N) is 1. The fourth-order valence-corrected chi connectivity index (χ4v) is 3.55. The topological polar surface area (TPSA) is 60.2 Å². The lowest BCUT2D eigenvalue weighted by Crippen LogP contribution is -2.09. The SMILES string of the molecule is C=C(Nc1cc(ON)cc(-c2ccccc2C(F)(F)F)n1)c1ccccc1CCCCC. The molecule has 0 aliphatic heterocycles. The van der Waals surface area contributed by atoms with Crippen LogP contribution in [0.15, 0.2) is 67.2 Å². The Labute approximate surface area is 185 Å². The molecule has 2 aromatic carbocycles. The summed E-state index contributed by atoms with van der Waals surface area (Å²) in [5.41, 5.74) is 1.91. The van der Waals surface area contributed by atoms with Crippen LogP contribution in [0.3, 0.4) is 0 Å². The number of halogens is 3. The largest absolute Gasteiger partial charge is 0.417 e. The van der Waals surface area contributed by atoms with Crippen molar-refractivity contribution in [3.8, 4) is 17.0 Å². The van der Waals surface area contributed by atoms with Crippen LogP contribution in [0.25, 0.3) is 17.0 Å². The number of aryl methyl sites for hydroxylation is 1. The molecule has 3 N–H and O–H groups in total. The monoisotopic (exact) mass is 441 g/mol. The molecule has 7 heteroatoms. The van der Waals surface area contributed by atoms with Gasteiger partial charge >= 0.3 is 6.18 Å². The van der Waals surface area contributed by atoms with Crippen molar-refractivity contribution < 1.29 is 18.0 Å². The number of rotatable bonds is 9. The van der Waals surface area contributed by atoms with Crippen molar-refractivity contribution in [2.45, 2.75) is 38.8 Å². The maximum Gasteiger partial charge on any atom is 0.417 e. The summed E-state index contributed by atoms with van der Waals surface area (Å²) in [6.07, 6.45) is -0.290. The number of benzene rings is 2. The van der Waals surface area contributed by atoms with E-state index in [2.05, 4.69) is 29.9 Å². The molecule has 0 saturated heterocycles. The first-order valence-electron chi connectivity index (χ1n) is 10.4. The van der Waals surface area contributed by atoms with E-state index >= 15 is 0 Å². The molecule has 1 heterocycles. The molecule has 0 amide bonds. The van der Waals surface area contributed by atoms with Crippen molar-refractivity contribution in [3.63, 3.8) is 0 Å². The number of hydrogen-bond acceptors (Lipinski definition) is 4. The Morgan fingerprint density at radius 1 is 1.06 bits per heavy atom. The van der Waals surface area contributed by atoms with Gasteiger partial charge in [0.15, 0.2) is 5.75 Å². The van der Waals surface area contributed by atoms with Crippen LogP contribution in [0, 0.1) is 0 Å². The molecule has 3 aromatic rings. The fourth-order valence-electron chi connectivity index (χ4n) is 3.55. The van der Waals surface area contributed by atoms with Crippen LogP contribution < -0.4 is 16.1 Å². The predicted octanol–water partition coefficient (Wildman–Crippen LogP) is 6.84. The highest BCUT2D eigenvalue weighted by Crippen LogP contribution is 2.37. The molecular weight excluding hydrogens is 415 g/mol. The Morgan fingerprint density at radius 2 is 1.78 bits per heavy atom. The predicted molar refractivity (Wildman–Crippen MR) is 122 cm³/mol. The van der Waals surface area contributed by atoms with Crippen molar-refractivity contribution >= 4 is 11.5 Å². The summed E-state index contributed by atoms with van der Waals surface area (Å²) in [6.45, 7) is 6.27. The molecule has 0 radical (unpaired) electrons. The quantitative estimate of drug-likeness (QED) is 0.282. The molecule has 1 aromatic heterocycles. The summed E-state index contributed by atoms with van der Waals surface area (Å²) in [5.74, 6) is 5.79. The third kappa shape index (κ3) is 5.68. The highest BCUT2D eigenvalue weighted by atomic mass is 19.4. The minimum absolute atomic E-state index is 0.0625. The first-order valence-corrected chi connectivity index (χ1v) is 10.4. The number of nitrogens with zero attached hydrogens (tertiary/aromatic N) is 1. The van der Waals surface area contributed by atoms with Gasteiger partial charge in [0, 0.05) is 29.0 Å². The minimum atomic E-state index is -4.52. The number of anilines is 1. The second-order valence-electron chi connectivity index (χ2n) is 7.45. The van der Waals surface area contributed by atoms with E-state index in [1.807, 2.05) is 18.2 Å². The van der Waals surface area contributed by atoms with Gasteiger partial charge in [-0.15, -0.1) is 0 Å². The Morgan fingerprint density at radius 3 is 2.50 bits per heavy atom. The Hall–Kier alpha value is -3.32. The Balaban J connectivity index is 1.94. The van der Waals surface area contributed by atoms with Gasteiger partial charge in [-0.1, -0.05) is 68.8 Å². The molecule has 0 saturated carbocycles. The average molecular weight is 441 g/mol. The lowest BCUT2D eigenvalue weighted by molar-refractivity contribution is -0.137. The zero-order valence-electron chi connectivity index (χ0n) is 17.9. The van der Waals surface area contributed by atoms with Crippen molar-refractivity contribution in [1.82, 2.24) is 4.98 Å². The summed E-state index contributed by atoms with van der Waals surface area (Å²) in [6, 6.07) is 16.1. The van der Waals surface area contributed by atoms with Crippen LogP contribution in [-0.4, -0.2) is 4.98 Å². The maximum absolute atomic E-state index is 13.5. The van der Waals surface area contributed by atoms with Gasteiger partial charge < -0.3 is 10.2 Å². The van der Waals surface area contributed by atoms with Gasteiger partial charge in [-0.05, 0) is 24.5 Å². The summed E-state index contributed by atoms with van der Waals surface area (Å²) >= 11 is 0. The fraction of sp³-hybridized carbons (Fsp3) is 0.240. The van der Waals surface area contributed by atoms with E-state index in [4.69, 9.17) is 10.7 Å². The van der Waals surface area contributed by atoms with Crippen LogP contribution in [-0.2, 0) is 12.6 Å². The number of nitrogens with one attached hydrogen (secondary N) is 1. The highest BCUT2D eigenvalue weighted by Gasteiger charge is 2.33. The molecule has 32 heavy (non-hydrogen) atoms. The number of hydrogen-bond donors (Lipinski definition) is 2. The van der Waals surface area contributed by atoms with E-state index in [-0.39, 0.29) is 22.8 Å². The van der Waals surface area contributed by atoms with Gasteiger partial charge in [-0.2, -0.15) is 19.1 Å². The average Bonchev–Trinajstić information content (AvgIpc) is 2.78. The molecule has 0 aliphatic rings. The molecule has 0 atom stereocenters. The van der Waals surface area contributed by atoms with E-state index in [0.29, 0.717) is 5.70 Å². The second-order valence-corrected chi connectivity index (χ2v) is 7.45. The molecule has 0 unspecified atom stereocenters. The molecule has 0 aliphatic carbocycles. The summed E-state index contributed by atoms with van der Waals surface area (Å²) < 4.78 is 40.5. The standard InChI is InChI=1S/C25H26F3N3O/c1-3-4-5-10-18-11-6-7-12-20(18)17(2)30-24-16-19(32-29)15-23(31-24)21-13-8-9-14-22(21)25(26,27)28/h6-9,11-16H,2-5,10,29H2,1H3,(H,30,31). The lowest BCUT2D eigenvalue weighted by Gasteiger charge is -2.16. The highest BCUT2D eigenvalue weighted by molar-refractivity contribution is 5.77. The summed E-state index contributed by atoms with van der Waals surface area (Å²) in [7, 11) is 0. The zero-order chi connectivity index (χ0) is 23.1. The summed E-state index contributed by atoms with van der Waals surface area (Å²) in [4.78, 5) is 9.22. The molecule has 0 spiro atoms. The number of aromatic nitrogens is 1. The maximum atomic E-state index is 13.5. The lowest BCUT2D eigenvalue weighted by atomic mass is 9.99. The van der Waals surface area contributed by atoms with Gasteiger partial charge in [0.25, 0.3) is 0 Å². The number of alkyl halides is 3. The molecule has 0 fully saturated rings. The molecule has 168 valence electrons. The summed E-state index contributed by atoms with van der Waals surface area (Å²) in [5, 5.41) is 3.11.